The molecule has 0 aliphatic heterocycles. The number of fused-ring (bicyclic) bond motifs is 1. The smallest absolute Gasteiger partial charge is 0.147 e. The fourth-order valence-corrected chi connectivity index (χ4v) is 3.14. The molecule has 0 aliphatic rings. The fraction of sp³-hybridized carbons (Fsp3) is 0.200. The fourth-order valence-electron chi connectivity index (χ4n) is 2.18. The van der Waals surface area contributed by atoms with Crippen molar-refractivity contribution in [2.75, 3.05) is 5.32 Å². The molecule has 0 amide bonds. The normalized spacial score (nSPS) is 12.6. The minimum atomic E-state index is -0.208. The second kappa shape index (κ2) is 5.17. The van der Waals surface area contributed by atoms with E-state index < -0.39 is 0 Å². The molecule has 0 saturated heterocycles. The molecule has 3 nitrogen and oxygen atoms in total. The van der Waals surface area contributed by atoms with Gasteiger partial charge in [0.2, 0.25) is 0 Å². The summed E-state index contributed by atoms with van der Waals surface area (Å²) >= 11 is 1.60. The van der Waals surface area contributed by atoms with Crippen LogP contribution in [0, 0.1) is 12.7 Å². The maximum atomic E-state index is 13.8. The van der Waals surface area contributed by atoms with Crippen molar-refractivity contribution in [2.45, 2.75) is 19.9 Å². The van der Waals surface area contributed by atoms with Crippen LogP contribution in [0.3, 0.4) is 0 Å². The average Bonchev–Trinajstić information content (AvgIpc) is 2.82. The molecule has 1 aromatic carbocycles. The van der Waals surface area contributed by atoms with Crippen LogP contribution >= 0.6 is 11.3 Å². The monoisotopic (exact) mass is 287 g/mol. The van der Waals surface area contributed by atoms with Crippen molar-refractivity contribution in [3.63, 3.8) is 0 Å². The minimum absolute atomic E-state index is 0.156. The zero-order valence-electron chi connectivity index (χ0n) is 11.2. The van der Waals surface area contributed by atoms with Gasteiger partial charge in [-0.2, -0.15) is 0 Å². The second-order valence-corrected chi connectivity index (χ2v) is 5.59. The zero-order chi connectivity index (χ0) is 14.1. The van der Waals surface area contributed by atoms with E-state index in [0.717, 1.165) is 21.6 Å². The third-order valence-corrected chi connectivity index (χ3v) is 4.35. The molecule has 102 valence electrons. The van der Waals surface area contributed by atoms with E-state index in [9.17, 15) is 4.39 Å². The lowest BCUT2D eigenvalue weighted by atomic mass is 10.1. The molecule has 0 aliphatic carbocycles. The number of thiophene rings is 1. The molecule has 0 fully saturated rings. The molecule has 1 N–H and O–H groups in total. The Morgan fingerprint density at radius 2 is 2.05 bits per heavy atom. The quantitative estimate of drug-likeness (QED) is 0.780. The molecule has 0 radical (unpaired) electrons. The van der Waals surface area contributed by atoms with Gasteiger partial charge in [0.05, 0.1) is 16.3 Å². The van der Waals surface area contributed by atoms with Crippen LogP contribution in [0.1, 0.15) is 24.1 Å². The lowest BCUT2D eigenvalue weighted by Crippen LogP contribution is -2.09. The zero-order valence-corrected chi connectivity index (χ0v) is 12.0. The maximum absolute atomic E-state index is 13.8. The predicted molar refractivity (Wildman–Crippen MR) is 80.6 cm³/mol. The third-order valence-electron chi connectivity index (χ3n) is 3.26. The Labute approximate surface area is 120 Å². The summed E-state index contributed by atoms with van der Waals surface area (Å²) in [5, 5.41) is 5.33. The van der Waals surface area contributed by atoms with Crippen molar-refractivity contribution in [2.24, 2.45) is 0 Å². The van der Waals surface area contributed by atoms with Crippen LogP contribution in [0.15, 0.2) is 36.0 Å². The van der Waals surface area contributed by atoms with Crippen molar-refractivity contribution < 1.29 is 4.39 Å². The lowest BCUT2D eigenvalue weighted by Gasteiger charge is -2.15. The van der Waals surface area contributed by atoms with Gasteiger partial charge in [-0.25, -0.2) is 14.4 Å². The molecule has 1 atom stereocenters. The number of nitrogens with one attached hydrogen (secondary N) is 1. The lowest BCUT2D eigenvalue weighted by molar-refractivity contribution is 0.600. The first-order chi connectivity index (χ1) is 9.66. The topological polar surface area (TPSA) is 37.8 Å². The highest BCUT2D eigenvalue weighted by Gasteiger charge is 2.14. The molecular weight excluding hydrogens is 273 g/mol. The van der Waals surface area contributed by atoms with Crippen LogP contribution in [0.2, 0.25) is 0 Å². The van der Waals surface area contributed by atoms with Gasteiger partial charge in [-0.1, -0.05) is 18.2 Å². The van der Waals surface area contributed by atoms with Crippen LogP contribution in [-0.2, 0) is 0 Å². The van der Waals surface area contributed by atoms with Crippen molar-refractivity contribution in [3.8, 4) is 0 Å². The van der Waals surface area contributed by atoms with Crippen molar-refractivity contribution >= 4 is 27.4 Å². The van der Waals surface area contributed by atoms with Crippen LogP contribution < -0.4 is 5.32 Å². The average molecular weight is 287 g/mol. The molecule has 0 saturated carbocycles. The first kappa shape index (κ1) is 13.0. The van der Waals surface area contributed by atoms with Gasteiger partial charge in [0.25, 0.3) is 0 Å². The van der Waals surface area contributed by atoms with Crippen LogP contribution in [0.4, 0.5) is 10.2 Å². The first-order valence-corrected chi connectivity index (χ1v) is 7.24. The van der Waals surface area contributed by atoms with Crippen molar-refractivity contribution in [3.05, 3.63) is 52.9 Å². The molecule has 2 aromatic heterocycles. The van der Waals surface area contributed by atoms with Gasteiger partial charge in [0.15, 0.2) is 0 Å². The Morgan fingerprint density at radius 1 is 1.25 bits per heavy atom. The van der Waals surface area contributed by atoms with Gasteiger partial charge in [-0.15, -0.1) is 11.3 Å². The van der Waals surface area contributed by atoms with E-state index in [0.29, 0.717) is 5.56 Å². The van der Waals surface area contributed by atoms with E-state index in [1.165, 1.54) is 6.07 Å². The SMILES string of the molecule is Cc1csc2c(NC(C)c3ccccc3F)ncnc12. The third kappa shape index (κ3) is 2.25. The predicted octanol–water partition coefficient (Wildman–Crippen LogP) is 4.31. The molecule has 1 unspecified atom stereocenters. The number of aromatic nitrogens is 2. The molecule has 5 heteroatoms. The van der Waals surface area contributed by atoms with Gasteiger partial charge in [0.1, 0.15) is 18.0 Å². The highest BCUT2D eigenvalue weighted by Crippen LogP contribution is 2.30. The Bertz CT molecular complexity index is 754. The van der Waals surface area contributed by atoms with Crippen molar-refractivity contribution in [1.29, 1.82) is 0 Å². The largest absolute Gasteiger partial charge is 0.362 e. The van der Waals surface area contributed by atoms with E-state index in [4.69, 9.17) is 0 Å². The summed E-state index contributed by atoms with van der Waals surface area (Å²) in [4.78, 5) is 8.57. The summed E-state index contributed by atoms with van der Waals surface area (Å²) in [6.45, 7) is 3.95. The standard InChI is InChI=1S/C15H14FN3S/c1-9-7-20-14-13(9)17-8-18-15(14)19-10(2)11-5-3-4-6-12(11)16/h3-8,10H,1-2H3,(H,17,18,19). The summed E-state index contributed by atoms with van der Waals surface area (Å²) in [6.07, 6.45) is 1.54. The molecular formula is C15H14FN3S. The van der Waals surface area contributed by atoms with E-state index in [1.807, 2.05) is 19.9 Å². The first-order valence-electron chi connectivity index (χ1n) is 6.36. The molecule has 20 heavy (non-hydrogen) atoms. The van der Waals surface area contributed by atoms with Crippen LogP contribution in [-0.4, -0.2) is 9.97 Å². The number of hydrogen-bond donors (Lipinski definition) is 1. The van der Waals surface area contributed by atoms with E-state index >= 15 is 0 Å². The minimum Gasteiger partial charge on any atom is -0.362 e. The number of hydrogen-bond acceptors (Lipinski definition) is 4. The van der Waals surface area contributed by atoms with Crippen LogP contribution in [0.5, 0.6) is 0 Å². The highest BCUT2D eigenvalue weighted by molar-refractivity contribution is 7.18. The van der Waals surface area contributed by atoms with Gasteiger partial charge < -0.3 is 5.32 Å². The number of benzene rings is 1. The number of nitrogens with zero attached hydrogens (tertiary/aromatic N) is 2. The Morgan fingerprint density at radius 3 is 2.85 bits per heavy atom. The number of rotatable bonds is 3. The summed E-state index contributed by atoms with van der Waals surface area (Å²) in [5.74, 6) is 0.545. The molecule has 3 rings (SSSR count). The molecule has 2 heterocycles. The van der Waals surface area contributed by atoms with E-state index in [-0.39, 0.29) is 11.9 Å². The summed E-state index contributed by atoms with van der Waals surface area (Å²) in [5.41, 5.74) is 2.72. The number of halogens is 1. The summed E-state index contributed by atoms with van der Waals surface area (Å²) in [6, 6.07) is 6.62. The molecule has 0 bridgehead atoms. The van der Waals surface area contributed by atoms with E-state index in [1.54, 1.807) is 29.8 Å². The number of anilines is 1. The molecule has 0 spiro atoms. The van der Waals surface area contributed by atoms with Gasteiger partial charge in [0, 0.05) is 5.56 Å². The Balaban J connectivity index is 1.95. The van der Waals surface area contributed by atoms with E-state index in [2.05, 4.69) is 20.7 Å². The maximum Gasteiger partial charge on any atom is 0.147 e. The summed E-state index contributed by atoms with van der Waals surface area (Å²) < 4.78 is 14.8. The number of aryl methyl sites for hydroxylation is 1. The highest BCUT2D eigenvalue weighted by atomic mass is 32.1. The Hall–Kier alpha value is -2.01. The van der Waals surface area contributed by atoms with Gasteiger partial charge >= 0.3 is 0 Å². The second-order valence-electron chi connectivity index (χ2n) is 4.71. The van der Waals surface area contributed by atoms with Crippen LogP contribution in [0.25, 0.3) is 10.2 Å². The summed E-state index contributed by atoms with van der Waals surface area (Å²) in [7, 11) is 0. The molecule has 3 aromatic rings. The van der Waals surface area contributed by atoms with Gasteiger partial charge in [-0.05, 0) is 30.9 Å². The Kier molecular flexibility index (Phi) is 3.36. The van der Waals surface area contributed by atoms with Crippen molar-refractivity contribution in [1.82, 2.24) is 9.97 Å². The van der Waals surface area contributed by atoms with Gasteiger partial charge in [-0.3, -0.25) is 0 Å².